The summed E-state index contributed by atoms with van der Waals surface area (Å²) in [6.45, 7) is 8.16. The third kappa shape index (κ3) is 4.28. The molecular formula is C13H27N3O. The Morgan fingerprint density at radius 1 is 1.41 bits per heavy atom. The molecule has 0 aromatic rings. The van der Waals surface area contributed by atoms with E-state index in [4.69, 9.17) is 0 Å². The van der Waals surface area contributed by atoms with E-state index < -0.39 is 0 Å². The van der Waals surface area contributed by atoms with Crippen LogP contribution in [-0.4, -0.2) is 61.0 Å². The van der Waals surface area contributed by atoms with Crippen LogP contribution in [0.4, 0.5) is 0 Å². The average molecular weight is 241 g/mol. The van der Waals surface area contributed by atoms with Gasteiger partial charge >= 0.3 is 0 Å². The lowest BCUT2D eigenvalue weighted by molar-refractivity contribution is -0.138. The number of carbonyl (C=O) groups excluding carboxylic acids is 1. The van der Waals surface area contributed by atoms with Gasteiger partial charge in [-0.15, -0.1) is 0 Å². The molecule has 1 aliphatic rings. The number of hydrogen-bond acceptors (Lipinski definition) is 3. The summed E-state index contributed by atoms with van der Waals surface area (Å²) in [5.41, 5.74) is 0. The van der Waals surface area contributed by atoms with Gasteiger partial charge in [0.1, 0.15) is 0 Å². The summed E-state index contributed by atoms with van der Waals surface area (Å²) in [7, 11) is 4.10. The van der Waals surface area contributed by atoms with Crippen LogP contribution in [0, 0.1) is 0 Å². The van der Waals surface area contributed by atoms with Crippen molar-refractivity contribution < 1.29 is 4.79 Å². The third-order valence-electron chi connectivity index (χ3n) is 3.17. The molecule has 4 heteroatoms. The first kappa shape index (κ1) is 14.5. The SMILES string of the molecule is CC(C)NC1CCCN(C(C)CN(C)C)C1=O. The highest BCUT2D eigenvalue weighted by molar-refractivity contribution is 5.83. The molecule has 0 saturated carbocycles. The van der Waals surface area contributed by atoms with Crippen molar-refractivity contribution in [1.29, 1.82) is 0 Å². The van der Waals surface area contributed by atoms with Crippen molar-refractivity contribution in [2.75, 3.05) is 27.2 Å². The lowest BCUT2D eigenvalue weighted by atomic mass is 10.0. The number of nitrogens with zero attached hydrogens (tertiary/aromatic N) is 2. The van der Waals surface area contributed by atoms with E-state index in [0.717, 1.165) is 25.9 Å². The fourth-order valence-corrected chi connectivity index (χ4v) is 2.52. The average Bonchev–Trinajstić information content (AvgIpc) is 2.19. The van der Waals surface area contributed by atoms with E-state index in [-0.39, 0.29) is 11.9 Å². The molecule has 17 heavy (non-hydrogen) atoms. The Balaban J connectivity index is 2.58. The Bertz CT molecular complexity index is 253. The molecule has 0 aliphatic carbocycles. The Kier molecular flexibility index (Phi) is 5.40. The van der Waals surface area contributed by atoms with Gasteiger partial charge in [0.05, 0.1) is 6.04 Å². The van der Waals surface area contributed by atoms with Gasteiger partial charge in [0.2, 0.25) is 5.91 Å². The minimum Gasteiger partial charge on any atom is -0.337 e. The second-order valence-electron chi connectivity index (χ2n) is 5.66. The highest BCUT2D eigenvalue weighted by Gasteiger charge is 2.31. The third-order valence-corrected chi connectivity index (χ3v) is 3.17. The monoisotopic (exact) mass is 241 g/mol. The van der Waals surface area contributed by atoms with Crippen LogP contribution >= 0.6 is 0 Å². The summed E-state index contributed by atoms with van der Waals surface area (Å²) in [6, 6.07) is 0.690. The van der Waals surface area contributed by atoms with Gasteiger partial charge < -0.3 is 15.1 Å². The predicted octanol–water partition coefficient (Wildman–Crippen LogP) is 0.925. The van der Waals surface area contributed by atoms with Gasteiger partial charge in [-0.2, -0.15) is 0 Å². The van der Waals surface area contributed by atoms with Crippen LogP contribution in [0.5, 0.6) is 0 Å². The first-order valence-electron chi connectivity index (χ1n) is 6.63. The molecule has 1 heterocycles. The number of hydrogen-bond donors (Lipinski definition) is 1. The molecular weight excluding hydrogens is 214 g/mol. The standard InChI is InChI=1S/C13H27N3O/c1-10(2)14-12-7-6-8-16(13(12)17)11(3)9-15(4)5/h10-12,14H,6-9H2,1-5H3. The fraction of sp³-hybridized carbons (Fsp3) is 0.923. The van der Waals surface area contributed by atoms with E-state index in [1.165, 1.54) is 0 Å². The Labute approximate surface area is 105 Å². The second-order valence-corrected chi connectivity index (χ2v) is 5.66. The van der Waals surface area contributed by atoms with Crippen molar-refractivity contribution >= 4 is 5.91 Å². The molecule has 4 nitrogen and oxygen atoms in total. The van der Waals surface area contributed by atoms with Gasteiger partial charge in [0.25, 0.3) is 0 Å². The molecule has 1 N–H and O–H groups in total. The Morgan fingerprint density at radius 3 is 2.59 bits per heavy atom. The van der Waals surface area contributed by atoms with Gasteiger partial charge in [-0.25, -0.2) is 0 Å². The maximum atomic E-state index is 12.3. The van der Waals surface area contributed by atoms with Crippen molar-refractivity contribution in [1.82, 2.24) is 15.1 Å². The molecule has 0 radical (unpaired) electrons. The number of likely N-dealkylation sites (tertiary alicyclic amines) is 1. The summed E-state index contributed by atoms with van der Waals surface area (Å²) in [4.78, 5) is 16.5. The van der Waals surface area contributed by atoms with E-state index in [1.807, 2.05) is 4.90 Å². The highest BCUT2D eigenvalue weighted by atomic mass is 16.2. The van der Waals surface area contributed by atoms with Crippen molar-refractivity contribution in [3.05, 3.63) is 0 Å². The maximum Gasteiger partial charge on any atom is 0.239 e. The number of amides is 1. The minimum absolute atomic E-state index is 0.0216. The van der Waals surface area contributed by atoms with Gasteiger partial charge in [0.15, 0.2) is 0 Å². The fourth-order valence-electron chi connectivity index (χ4n) is 2.52. The van der Waals surface area contributed by atoms with E-state index in [1.54, 1.807) is 0 Å². The zero-order chi connectivity index (χ0) is 13.0. The predicted molar refractivity (Wildman–Crippen MR) is 71.0 cm³/mol. The molecule has 1 rings (SSSR count). The zero-order valence-corrected chi connectivity index (χ0v) is 11.9. The van der Waals surface area contributed by atoms with Crippen LogP contribution in [-0.2, 0) is 4.79 Å². The summed E-state index contributed by atoms with van der Waals surface area (Å²) >= 11 is 0. The molecule has 0 bridgehead atoms. The number of rotatable bonds is 5. The summed E-state index contributed by atoms with van der Waals surface area (Å²) < 4.78 is 0. The largest absolute Gasteiger partial charge is 0.337 e. The van der Waals surface area contributed by atoms with E-state index >= 15 is 0 Å². The highest BCUT2D eigenvalue weighted by Crippen LogP contribution is 2.15. The zero-order valence-electron chi connectivity index (χ0n) is 11.9. The molecule has 2 atom stereocenters. The summed E-state index contributed by atoms with van der Waals surface area (Å²) in [5, 5.41) is 3.36. The lowest BCUT2D eigenvalue weighted by Crippen LogP contribution is -2.56. The maximum absolute atomic E-state index is 12.3. The molecule has 0 spiro atoms. The molecule has 100 valence electrons. The van der Waals surface area contributed by atoms with Crippen LogP contribution in [0.2, 0.25) is 0 Å². The van der Waals surface area contributed by atoms with Crippen LogP contribution in [0.3, 0.4) is 0 Å². The van der Waals surface area contributed by atoms with E-state index in [2.05, 4.69) is 45.1 Å². The number of piperidine rings is 1. The first-order chi connectivity index (χ1) is 7.91. The topological polar surface area (TPSA) is 35.6 Å². The van der Waals surface area contributed by atoms with Gasteiger partial charge in [-0.3, -0.25) is 4.79 Å². The number of carbonyl (C=O) groups is 1. The Hall–Kier alpha value is -0.610. The lowest BCUT2D eigenvalue weighted by Gasteiger charge is -2.38. The van der Waals surface area contributed by atoms with Crippen LogP contribution in [0.1, 0.15) is 33.6 Å². The van der Waals surface area contributed by atoms with Crippen molar-refractivity contribution in [2.24, 2.45) is 0 Å². The summed E-state index contributed by atoms with van der Waals surface area (Å²) in [5.74, 6) is 0.277. The van der Waals surface area contributed by atoms with Crippen molar-refractivity contribution in [2.45, 2.75) is 51.7 Å². The van der Waals surface area contributed by atoms with Crippen LogP contribution in [0.15, 0.2) is 0 Å². The van der Waals surface area contributed by atoms with Gasteiger partial charge in [-0.1, -0.05) is 13.8 Å². The normalized spacial score (nSPS) is 23.6. The van der Waals surface area contributed by atoms with Crippen LogP contribution in [0.25, 0.3) is 0 Å². The molecule has 1 amide bonds. The molecule has 1 fully saturated rings. The number of nitrogens with one attached hydrogen (secondary N) is 1. The number of likely N-dealkylation sites (N-methyl/N-ethyl adjacent to an activating group) is 1. The molecule has 1 aliphatic heterocycles. The molecule has 0 aromatic carbocycles. The molecule has 2 unspecified atom stereocenters. The van der Waals surface area contributed by atoms with Crippen molar-refractivity contribution in [3.63, 3.8) is 0 Å². The van der Waals surface area contributed by atoms with Gasteiger partial charge in [-0.05, 0) is 33.9 Å². The molecule has 0 aromatic heterocycles. The van der Waals surface area contributed by atoms with Crippen molar-refractivity contribution in [3.8, 4) is 0 Å². The van der Waals surface area contributed by atoms with Gasteiger partial charge in [0, 0.05) is 25.2 Å². The first-order valence-corrected chi connectivity index (χ1v) is 6.63. The van der Waals surface area contributed by atoms with E-state index in [0.29, 0.717) is 12.1 Å². The van der Waals surface area contributed by atoms with E-state index in [9.17, 15) is 4.79 Å². The second kappa shape index (κ2) is 6.36. The molecule has 1 saturated heterocycles. The summed E-state index contributed by atoms with van der Waals surface area (Å²) in [6.07, 6.45) is 2.08. The quantitative estimate of drug-likeness (QED) is 0.777. The smallest absolute Gasteiger partial charge is 0.239 e. The van der Waals surface area contributed by atoms with Crippen LogP contribution < -0.4 is 5.32 Å². The Morgan fingerprint density at radius 2 is 2.06 bits per heavy atom. The minimum atomic E-state index is 0.0216.